The van der Waals surface area contributed by atoms with Gasteiger partial charge in [-0.2, -0.15) is 0 Å². The van der Waals surface area contributed by atoms with E-state index in [1.165, 1.54) is 13.0 Å². The van der Waals surface area contributed by atoms with Crippen LogP contribution in [-0.4, -0.2) is 11.1 Å². The normalized spacial score (nSPS) is 10.1. The minimum Gasteiger partial charge on any atom is -0.478 e. The number of carboxylic acids is 1. The number of nitrogens with zero attached hydrogens (tertiary/aromatic N) is 3. The zero-order chi connectivity index (χ0) is 7.28. The van der Waals surface area contributed by atoms with Crippen LogP contribution >= 0.6 is 0 Å². The maximum Gasteiger partial charge on any atom is 0.337 e. The van der Waals surface area contributed by atoms with Crippen molar-refractivity contribution in [3.8, 4) is 0 Å². The van der Waals surface area contributed by atoms with Crippen LogP contribution in [0.4, 0.5) is 0 Å². The lowest BCUT2D eigenvalue weighted by molar-refractivity contribution is -0.132. The SMILES string of the molecule is C/C=C(\N=[N+]=[N-])C(=O)O. The Kier molecular flexibility index (Phi) is 2.94. The zero-order valence-electron chi connectivity index (χ0n) is 4.77. The van der Waals surface area contributed by atoms with Crippen molar-refractivity contribution in [1.82, 2.24) is 0 Å². The first-order valence-electron chi connectivity index (χ1n) is 2.17. The van der Waals surface area contributed by atoms with Crippen LogP contribution in [-0.2, 0) is 4.79 Å². The first-order valence-corrected chi connectivity index (χ1v) is 2.17. The number of rotatable bonds is 2. The van der Waals surface area contributed by atoms with E-state index in [0.717, 1.165) is 0 Å². The summed E-state index contributed by atoms with van der Waals surface area (Å²) in [4.78, 5) is 12.3. The van der Waals surface area contributed by atoms with Crippen molar-refractivity contribution in [3.63, 3.8) is 0 Å². The van der Waals surface area contributed by atoms with E-state index in [2.05, 4.69) is 10.0 Å². The molecule has 0 rings (SSSR count). The molecule has 5 nitrogen and oxygen atoms in total. The summed E-state index contributed by atoms with van der Waals surface area (Å²) < 4.78 is 0. The van der Waals surface area contributed by atoms with Crippen molar-refractivity contribution in [2.45, 2.75) is 6.92 Å². The molecule has 0 aromatic rings. The van der Waals surface area contributed by atoms with Crippen LogP contribution in [0.3, 0.4) is 0 Å². The minimum absolute atomic E-state index is 0.280. The van der Waals surface area contributed by atoms with Crippen LogP contribution in [0.1, 0.15) is 6.92 Å². The Labute approximate surface area is 51.2 Å². The van der Waals surface area contributed by atoms with Crippen LogP contribution in [0.25, 0.3) is 10.4 Å². The van der Waals surface area contributed by atoms with Crippen molar-refractivity contribution in [1.29, 1.82) is 0 Å². The summed E-state index contributed by atoms with van der Waals surface area (Å²) in [6.45, 7) is 1.48. The molecule has 0 unspecified atom stereocenters. The highest BCUT2D eigenvalue weighted by Crippen LogP contribution is 1.94. The molecule has 5 heteroatoms. The van der Waals surface area contributed by atoms with E-state index in [1.807, 2.05) is 0 Å². The third-order valence-electron chi connectivity index (χ3n) is 0.645. The second-order valence-corrected chi connectivity index (χ2v) is 1.17. The van der Waals surface area contributed by atoms with Crippen LogP contribution < -0.4 is 0 Å². The fourth-order valence-electron chi connectivity index (χ4n) is 0.272. The average Bonchev–Trinajstić information content (AvgIpc) is 1.82. The quantitative estimate of drug-likeness (QED) is 0.262. The van der Waals surface area contributed by atoms with Gasteiger partial charge in [-0.15, -0.1) is 0 Å². The first-order chi connectivity index (χ1) is 4.22. The molecule has 0 fully saturated rings. The van der Waals surface area contributed by atoms with Gasteiger partial charge in [0.05, 0.1) is 0 Å². The van der Waals surface area contributed by atoms with E-state index in [0.29, 0.717) is 0 Å². The van der Waals surface area contributed by atoms with Gasteiger partial charge in [0.1, 0.15) is 5.70 Å². The monoisotopic (exact) mass is 127 g/mol. The summed E-state index contributed by atoms with van der Waals surface area (Å²) in [5.74, 6) is -1.21. The molecule has 0 atom stereocenters. The molecule has 1 N–H and O–H groups in total. The Morgan fingerprint density at radius 2 is 2.44 bits per heavy atom. The van der Waals surface area contributed by atoms with Crippen molar-refractivity contribution in [3.05, 3.63) is 22.2 Å². The molecule has 0 radical (unpaired) electrons. The average molecular weight is 127 g/mol. The number of hydrogen-bond donors (Lipinski definition) is 1. The predicted octanol–water partition coefficient (Wildman–Crippen LogP) is 1.29. The molecular formula is C4H5N3O2. The fourth-order valence-corrected chi connectivity index (χ4v) is 0.272. The molecule has 0 amide bonds. The summed E-state index contributed by atoms with van der Waals surface area (Å²) in [6, 6.07) is 0. The third-order valence-corrected chi connectivity index (χ3v) is 0.645. The van der Waals surface area contributed by atoms with Crippen molar-refractivity contribution >= 4 is 5.97 Å². The van der Waals surface area contributed by atoms with E-state index in [9.17, 15) is 4.79 Å². The Balaban J connectivity index is 4.37. The van der Waals surface area contributed by atoms with Gasteiger partial charge >= 0.3 is 5.97 Å². The Hall–Kier alpha value is -1.48. The van der Waals surface area contributed by atoms with Gasteiger partial charge in [-0.05, 0) is 12.5 Å². The van der Waals surface area contributed by atoms with Gasteiger partial charge in [-0.25, -0.2) is 4.79 Å². The predicted molar refractivity (Wildman–Crippen MR) is 30.5 cm³/mol. The molecule has 0 aliphatic heterocycles. The molecule has 48 valence electrons. The molecule has 0 aliphatic carbocycles. The van der Waals surface area contributed by atoms with Gasteiger partial charge in [0, 0.05) is 4.91 Å². The highest BCUT2D eigenvalue weighted by atomic mass is 16.4. The number of aliphatic carboxylic acids is 1. The Morgan fingerprint density at radius 3 is 2.56 bits per heavy atom. The maximum absolute atomic E-state index is 9.99. The van der Waals surface area contributed by atoms with Gasteiger partial charge < -0.3 is 5.11 Å². The minimum atomic E-state index is -1.21. The van der Waals surface area contributed by atoms with Crippen LogP contribution in [0.2, 0.25) is 0 Å². The Morgan fingerprint density at radius 1 is 1.89 bits per heavy atom. The third kappa shape index (κ3) is 2.36. The topological polar surface area (TPSA) is 86.1 Å². The molecule has 0 bridgehead atoms. The molecule has 0 aromatic carbocycles. The zero-order valence-corrected chi connectivity index (χ0v) is 4.77. The van der Waals surface area contributed by atoms with Gasteiger partial charge in [0.2, 0.25) is 0 Å². The van der Waals surface area contributed by atoms with Crippen LogP contribution in [0.15, 0.2) is 16.9 Å². The van der Waals surface area contributed by atoms with E-state index in [4.69, 9.17) is 10.6 Å². The van der Waals surface area contributed by atoms with Gasteiger partial charge in [0.15, 0.2) is 0 Å². The molecule has 0 spiro atoms. The second-order valence-electron chi connectivity index (χ2n) is 1.17. The maximum atomic E-state index is 9.99. The highest BCUT2D eigenvalue weighted by Gasteiger charge is 1.99. The standard InChI is InChI=1S/C4H5N3O2/c1-2-3(4(8)9)6-7-5/h2H,1H3,(H,8,9)/b3-2-. The summed E-state index contributed by atoms with van der Waals surface area (Å²) >= 11 is 0. The van der Waals surface area contributed by atoms with E-state index in [1.54, 1.807) is 0 Å². The molecule has 0 saturated carbocycles. The molecule has 9 heavy (non-hydrogen) atoms. The van der Waals surface area contributed by atoms with Crippen LogP contribution in [0, 0.1) is 0 Å². The molecule has 0 aliphatic rings. The number of allylic oxidation sites excluding steroid dienone is 1. The first kappa shape index (κ1) is 7.52. The number of carboxylic acid groups (broad SMARTS) is 1. The fraction of sp³-hybridized carbons (Fsp3) is 0.250. The molecule has 0 aromatic heterocycles. The lowest BCUT2D eigenvalue weighted by atomic mass is 10.4. The second kappa shape index (κ2) is 3.51. The summed E-state index contributed by atoms with van der Waals surface area (Å²) in [7, 11) is 0. The summed E-state index contributed by atoms with van der Waals surface area (Å²) in [5, 5.41) is 11.1. The number of carbonyl (C=O) groups is 1. The molecular weight excluding hydrogens is 122 g/mol. The summed E-state index contributed by atoms with van der Waals surface area (Å²) in [5.41, 5.74) is 7.49. The molecule has 0 saturated heterocycles. The largest absolute Gasteiger partial charge is 0.478 e. The Bertz CT molecular complexity index is 186. The van der Waals surface area contributed by atoms with E-state index >= 15 is 0 Å². The number of hydrogen-bond acceptors (Lipinski definition) is 2. The van der Waals surface area contributed by atoms with E-state index in [-0.39, 0.29) is 5.70 Å². The van der Waals surface area contributed by atoms with Crippen molar-refractivity contribution in [2.75, 3.05) is 0 Å². The lowest BCUT2D eigenvalue weighted by Crippen LogP contribution is -1.95. The number of azide groups is 1. The van der Waals surface area contributed by atoms with Crippen LogP contribution in [0.5, 0.6) is 0 Å². The van der Waals surface area contributed by atoms with Gasteiger partial charge in [-0.1, -0.05) is 11.2 Å². The van der Waals surface area contributed by atoms with E-state index < -0.39 is 5.97 Å². The van der Waals surface area contributed by atoms with Crippen molar-refractivity contribution < 1.29 is 9.90 Å². The van der Waals surface area contributed by atoms with Gasteiger partial charge in [-0.3, -0.25) is 0 Å². The molecule has 0 heterocycles. The lowest BCUT2D eigenvalue weighted by Gasteiger charge is -1.85. The van der Waals surface area contributed by atoms with Crippen molar-refractivity contribution in [2.24, 2.45) is 5.11 Å². The summed E-state index contributed by atoms with van der Waals surface area (Å²) in [6.07, 6.45) is 1.22. The van der Waals surface area contributed by atoms with Gasteiger partial charge in [0.25, 0.3) is 0 Å². The highest BCUT2D eigenvalue weighted by molar-refractivity contribution is 5.85. The smallest absolute Gasteiger partial charge is 0.337 e.